The van der Waals surface area contributed by atoms with E-state index >= 15 is 0 Å². The van der Waals surface area contributed by atoms with E-state index in [0.29, 0.717) is 0 Å². The molecule has 15 rings (SSSR count). The minimum atomic E-state index is -0.121. The molecule has 0 spiro atoms. The SMILES string of the molecule is c1ccc(-c2ccc(N(c3ccc(-c4ccccc4)cc3)c3cc4c5c(c3)N(c3cccc(-c6ccccc6)c3)c3cc(-c6ccccc6)ccc3B5c3ccc(-c5ccccc5)cc3N4c3cccc(-c4ccccc4)c3)cc2)cc1. The number of nitrogens with zero attached hydrogens (tertiary/aromatic N) is 3. The first kappa shape index (κ1) is 48.5. The molecule has 3 nitrogen and oxygen atoms in total. The first-order chi connectivity index (χ1) is 40.7. The van der Waals surface area contributed by atoms with Crippen LogP contribution in [0.5, 0.6) is 0 Å². The van der Waals surface area contributed by atoms with Gasteiger partial charge in [0.2, 0.25) is 0 Å². The van der Waals surface area contributed by atoms with E-state index in [1.807, 2.05) is 0 Å². The summed E-state index contributed by atoms with van der Waals surface area (Å²) in [7, 11) is 0. The number of rotatable bonds is 11. The maximum atomic E-state index is 2.56. The van der Waals surface area contributed by atoms with Gasteiger partial charge in [-0.3, -0.25) is 0 Å². The molecule has 2 aliphatic heterocycles. The van der Waals surface area contributed by atoms with E-state index in [4.69, 9.17) is 0 Å². The van der Waals surface area contributed by atoms with E-state index in [9.17, 15) is 0 Å². The molecule has 82 heavy (non-hydrogen) atoms. The molecule has 2 aliphatic rings. The zero-order valence-electron chi connectivity index (χ0n) is 45.1. The van der Waals surface area contributed by atoms with Crippen molar-refractivity contribution in [1.82, 2.24) is 0 Å². The van der Waals surface area contributed by atoms with E-state index in [-0.39, 0.29) is 6.71 Å². The van der Waals surface area contributed by atoms with E-state index in [1.165, 1.54) is 49.8 Å². The summed E-state index contributed by atoms with van der Waals surface area (Å²) in [4.78, 5) is 7.58. The third kappa shape index (κ3) is 8.84. The van der Waals surface area contributed by atoms with Crippen LogP contribution in [0.25, 0.3) is 66.8 Å². The summed E-state index contributed by atoms with van der Waals surface area (Å²) in [6, 6.07) is 120. The topological polar surface area (TPSA) is 9.72 Å². The molecule has 0 N–H and O–H groups in total. The number of fused-ring (bicyclic) bond motifs is 4. The Hall–Kier alpha value is -10.7. The molecule has 0 saturated carbocycles. The fraction of sp³-hybridized carbons (Fsp3) is 0. The van der Waals surface area contributed by atoms with E-state index < -0.39 is 0 Å². The summed E-state index contributed by atoms with van der Waals surface area (Å²) >= 11 is 0. The Morgan fingerprint density at radius 3 is 0.829 bits per heavy atom. The van der Waals surface area contributed by atoms with Gasteiger partial charge < -0.3 is 14.7 Å². The minimum Gasteiger partial charge on any atom is -0.311 e. The third-order valence-electron chi connectivity index (χ3n) is 16.4. The largest absolute Gasteiger partial charge is 0.311 e. The molecule has 0 aromatic heterocycles. The van der Waals surface area contributed by atoms with E-state index in [0.717, 1.165) is 84.6 Å². The van der Waals surface area contributed by atoms with Gasteiger partial charge in [-0.1, -0.05) is 255 Å². The average molecular weight is 1040 g/mol. The van der Waals surface area contributed by atoms with Crippen LogP contribution in [0.15, 0.2) is 328 Å². The molecular weight excluding hydrogens is 990 g/mol. The maximum absolute atomic E-state index is 2.56. The highest BCUT2D eigenvalue weighted by Gasteiger charge is 2.44. The lowest BCUT2D eigenvalue weighted by molar-refractivity contribution is 1.23. The number of hydrogen-bond donors (Lipinski definition) is 0. The molecule has 0 unspecified atom stereocenters. The lowest BCUT2D eigenvalue weighted by Crippen LogP contribution is -2.61. The van der Waals surface area contributed by atoms with E-state index in [1.54, 1.807) is 0 Å². The van der Waals surface area contributed by atoms with Crippen molar-refractivity contribution in [2.24, 2.45) is 0 Å². The Morgan fingerprint density at radius 1 is 0.207 bits per heavy atom. The van der Waals surface area contributed by atoms with Gasteiger partial charge in [0.1, 0.15) is 0 Å². The quantitative estimate of drug-likeness (QED) is 0.120. The summed E-state index contributed by atoms with van der Waals surface area (Å²) in [6.45, 7) is -0.121. The van der Waals surface area contributed by atoms with Gasteiger partial charge in [-0.05, 0) is 156 Å². The second-order valence-electron chi connectivity index (χ2n) is 21.3. The summed E-state index contributed by atoms with van der Waals surface area (Å²) in [5.74, 6) is 0. The lowest BCUT2D eigenvalue weighted by Gasteiger charge is -2.45. The predicted molar refractivity (Wildman–Crippen MR) is 348 cm³/mol. The van der Waals surface area contributed by atoms with Crippen molar-refractivity contribution in [3.05, 3.63) is 328 Å². The zero-order chi connectivity index (χ0) is 54.3. The van der Waals surface area contributed by atoms with Crippen LogP contribution in [0.1, 0.15) is 0 Å². The zero-order valence-corrected chi connectivity index (χ0v) is 45.1. The maximum Gasteiger partial charge on any atom is 0.252 e. The Labute approximate surface area is 480 Å². The molecule has 384 valence electrons. The molecule has 2 heterocycles. The van der Waals surface area contributed by atoms with Crippen LogP contribution in [0, 0.1) is 0 Å². The fourth-order valence-electron chi connectivity index (χ4n) is 12.5. The predicted octanol–water partition coefficient (Wildman–Crippen LogP) is 19.2. The first-order valence-electron chi connectivity index (χ1n) is 28.3. The van der Waals surface area contributed by atoms with Gasteiger partial charge in [0.25, 0.3) is 6.71 Å². The normalized spacial score (nSPS) is 12.1. The average Bonchev–Trinajstić information content (AvgIpc) is 2.02. The molecule has 0 saturated heterocycles. The second-order valence-corrected chi connectivity index (χ2v) is 21.3. The van der Waals surface area contributed by atoms with Crippen molar-refractivity contribution in [2.45, 2.75) is 0 Å². The first-order valence-corrected chi connectivity index (χ1v) is 28.3. The number of anilines is 9. The number of hydrogen-bond acceptors (Lipinski definition) is 3. The van der Waals surface area contributed by atoms with Gasteiger partial charge in [0.15, 0.2) is 0 Å². The fourth-order valence-corrected chi connectivity index (χ4v) is 12.5. The van der Waals surface area contributed by atoms with Crippen LogP contribution in [0.3, 0.4) is 0 Å². The Bertz CT molecular complexity index is 4140. The molecule has 13 aromatic carbocycles. The van der Waals surface area contributed by atoms with Crippen LogP contribution >= 0.6 is 0 Å². The van der Waals surface area contributed by atoms with Gasteiger partial charge in [-0.2, -0.15) is 0 Å². The van der Waals surface area contributed by atoms with Crippen molar-refractivity contribution >= 4 is 74.3 Å². The molecule has 0 amide bonds. The summed E-state index contributed by atoms with van der Waals surface area (Å²) in [6.07, 6.45) is 0. The Balaban J connectivity index is 1.04. The van der Waals surface area contributed by atoms with Crippen LogP contribution in [0.4, 0.5) is 51.2 Å². The van der Waals surface area contributed by atoms with Crippen LogP contribution in [-0.2, 0) is 0 Å². The molecular formula is C78H54BN3. The minimum absolute atomic E-state index is 0.121. The van der Waals surface area contributed by atoms with Gasteiger partial charge in [0.05, 0.1) is 5.69 Å². The second kappa shape index (κ2) is 20.8. The van der Waals surface area contributed by atoms with Crippen molar-refractivity contribution in [3.63, 3.8) is 0 Å². The highest BCUT2D eigenvalue weighted by Crippen LogP contribution is 2.50. The summed E-state index contributed by atoms with van der Waals surface area (Å²) < 4.78 is 0. The molecule has 0 aliphatic carbocycles. The van der Waals surface area contributed by atoms with Crippen molar-refractivity contribution in [1.29, 1.82) is 0 Å². The van der Waals surface area contributed by atoms with Crippen LogP contribution in [-0.4, -0.2) is 6.71 Å². The molecule has 13 aromatic rings. The van der Waals surface area contributed by atoms with E-state index in [2.05, 4.69) is 342 Å². The Morgan fingerprint density at radius 2 is 0.488 bits per heavy atom. The molecule has 0 atom stereocenters. The third-order valence-corrected chi connectivity index (χ3v) is 16.4. The summed E-state index contributed by atoms with van der Waals surface area (Å²) in [5, 5.41) is 0. The monoisotopic (exact) mass is 1040 g/mol. The lowest BCUT2D eigenvalue weighted by atomic mass is 9.33. The van der Waals surface area contributed by atoms with Crippen molar-refractivity contribution in [2.75, 3.05) is 14.7 Å². The smallest absolute Gasteiger partial charge is 0.252 e. The van der Waals surface area contributed by atoms with Crippen molar-refractivity contribution in [3.8, 4) is 66.8 Å². The van der Waals surface area contributed by atoms with Gasteiger partial charge in [-0.15, -0.1) is 0 Å². The summed E-state index contributed by atoms with van der Waals surface area (Å²) in [5.41, 5.74) is 27.6. The number of benzene rings is 13. The highest BCUT2D eigenvalue weighted by molar-refractivity contribution is 7.00. The standard InChI is InChI=1S/C78H54BN3/c1-7-21-55(22-8-1)61-37-43-67(44-38-61)80(68-45-39-62(40-46-68)56-23-9-2-10-24-56)71-53-76-78-77(54-71)82(70-36-20-34-64(50-70)58-27-13-4-14-28-58)75-52-66(60-31-17-6-18-32-60)42-48-73(75)79(78)72-47-41-65(59-29-15-5-16-30-59)51-74(72)81(76)69-35-19-33-63(49-69)57-25-11-3-12-26-57/h1-54H. The van der Waals surface area contributed by atoms with Crippen molar-refractivity contribution < 1.29 is 0 Å². The Kier molecular flexibility index (Phi) is 12.3. The van der Waals surface area contributed by atoms with Crippen LogP contribution in [0.2, 0.25) is 0 Å². The van der Waals surface area contributed by atoms with Crippen LogP contribution < -0.4 is 31.1 Å². The van der Waals surface area contributed by atoms with Gasteiger partial charge in [0, 0.05) is 45.5 Å². The molecule has 4 heteroatoms. The highest BCUT2D eigenvalue weighted by atomic mass is 15.2. The van der Waals surface area contributed by atoms with Gasteiger partial charge in [-0.25, -0.2) is 0 Å². The molecule has 0 fully saturated rings. The van der Waals surface area contributed by atoms with Gasteiger partial charge >= 0.3 is 0 Å². The molecule has 0 radical (unpaired) electrons. The molecule has 0 bridgehead atoms.